The smallest absolute Gasteiger partial charge is 0.359 e. The fourth-order valence-electron chi connectivity index (χ4n) is 2.76. The number of carbonyl (C=O) groups excluding carboxylic acids is 3. The van der Waals surface area contributed by atoms with Crippen LogP contribution in [0.3, 0.4) is 0 Å². The van der Waals surface area contributed by atoms with Gasteiger partial charge in [0.2, 0.25) is 5.78 Å². The van der Waals surface area contributed by atoms with E-state index in [0.717, 1.165) is 0 Å². The highest BCUT2D eigenvalue weighted by Gasteiger charge is 2.30. The lowest BCUT2D eigenvalue weighted by molar-refractivity contribution is -0.385. The van der Waals surface area contributed by atoms with Crippen LogP contribution in [0.25, 0.3) is 5.65 Å². The fraction of sp³-hybridized carbons (Fsp3) is 0.158. The van der Waals surface area contributed by atoms with Crippen LogP contribution < -0.4 is 0 Å². The number of ether oxygens (including phenoxy) is 1. The number of ketones is 2. The minimum absolute atomic E-state index is 0.0600. The molecule has 0 saturated carbocycles. The molecule has 142 valence electrons. The van der Waals surface area contributed by atoms with Gasteiger partial charge in [-0.25, -0.2) is 9.78 Å². The predicted molar refractivity (Wildman–Crippen MR) is 97.7 cm³/mol. The van der Waals surface area contributed by atoms with Crippen LogP contribution in [0.15, 0.2) is 42.6 Å². The summed E-state index contributed by atoms with van der Waals surface area (Å²) in [6, 6.07) is 8.40. The first-order valence-corrected chi connectivity index (χ1v) is 8.33. The molecule has 2 heterocycles. The second-order valence-electron chi connectivity index (χ2n) is 5.84. The normalized spacial score (nSPS) is 10.6. The summed E-state index contributed by atoms with van der Waals surface area (Å²) in [4.78, 5) is 52.1. The quantitative estimate of drug-likeness (QED) is 0.278. The number of Topliss-reactive ketones (excluding diaryl/α,β-unsaturated/α-hetero) is 1. The van der Waals surface area contributed by atoms with Gasteiger partial charge in [-0.15, -0.1) is 0 Å². The van der Waals surface area contributed by atoms with E-state index >= 15 is 0 Å². The molecule has 28 heavy (non-hydrogen) atoms. The molecule has 0 N–H and O–H groups in total. The third-order valence-electron chi connectivity index (χ3n) is 4.05. The number of hydrogen-bond acceptors (Lipinski definition) is 7. The minimum Gasteiger partial charge on any atom is -0.461 e. The number of imidazole rings is 1. The summed E-state index contributed by atoms with van der Waals surface area (Å²) in [7, 11) is 0. The van der Waals surface area contributed by atoms with Crippen LogP contribution in [0.5, 0.6) is 0 Å². The van der Waals surface area contributed by atoms with Crippen LogP contribution in [0.1, 0.15) is 50.7 Å². The molecule has 0 aliphatic rings. The van der Waals surface area contributed by atoms with Gasteiger partial charge in [0.05, 0.1) is 11.5 Å². The van der Waals surface area contributed by atoms with E-state index in [1.165, 1.54) is 53.9 Å². The number of esters is 1. The standard InChI is InChI=1S/C19H15N3O6/c1-3-28-19(25)16-17(18(24)13-6-4-5-7-14(13)22(26)27)21-10-12(11(2)23)8-9-15(21)20-16/h4-10H,3H2,1-2H3. The zero-order valence-electron chi connectivity index (χ0n) is 15.0. The number of hydrogen-bond donors (Lipinski definition) is 0. The number of nitro groups is 1. The molecule has 0 amide bonds. The Balaban J connectivity index is 2.30. The van der Waals surface area contributed by atoms with E-state index in [2.05, 4.69) is 4.98 Å². The van der Waals surface area contributed by atoms with Gasteiger partial charge in [-0.05, 0) is 32.0 Å². The number of carbonyl (C=O) groups is 3. The highest BCUT2D eigenvalue weighted by atomic mass is 16.6. The molecule has 3 rings (SSSR count). The molecule has 1 aromatic carbocycles. The maximum atomic E-state index is 13.2. The summed E-state index contributed by atoms with van der Waals surface area (Å²) in [6.07, 6.45) is 1.37. The summed E-state index contributed by atoms with van der Waals surface area (Å²) >= 11 is 0. The maximum absolute atomic E-state index is 13.2. The highest BCUT2D eigenvalue weighted by Crippen LogP contribution is 2.25. The van der Waals surface area contributed by atoms with E-state index in [9.17, 15) is 24.5 Å². The molecule has 9 heteroatoms. The first-order valence-electron chi connectivity index (χ1n) is 8.33. The van der Waals surface area contributed by atoms with Crippen molar-refractivity contribution in [3.05, 3.63) is 75.2 Å². The summed E-state index contributed by atoms with van der Waals surface area (Å²) < 4.78 is 6.25. The Morgan fingerprint density at radius 3 is 2.54 bits per heavy atom. The Morgan fingerprint density at radius 2 is 1.89 bits per heavy atom. The second-order valence-corrected chi connectivity index (χ2v) is 5.84. The Bertz CT molecular complexity index is 1130. The van der Waals surface area contributed by atoms with Crippen LogP contribution in [-0.4, -0.2) is 38.5 Å². The number of nitrogens with zero attached hydrogens (tertiary/aromatic N) is 3. The summed E-state index contributed by atoms with van der Waals surface area (Å²) in [5.41, 5.74) is -0.559. The lowest BCUT2D eigenvalue weighted by Gasteiger charge is -2.06. The van der Waals surface area contributed by atoms with E-state index in [1.54, 1.807) is 6.92 Å². The number of rotatable bonds is 6. The fourth-order valence-corrected chi connectivity index (χ4v) is 2.76. The molecule has 2 aromatic heterocycles. The number of pyridine rings is 1. The molecule has 0 aliphatic carbocycles. The number of para-hydroxylation sites is 1. The van der Waals surface area contributed by atoms with Crippen LogP contribution in [0, 0.1) is 10.1 Å². The van der Waals surface area contributed by atoms with Gasteiger partial charge in [0.15, 0.2) is 11.5 Å². The summed E-state index contributed by atoms with van der Waals surface area (Å²) in [6.45, 7) is 3.02. The number of aromatic nitrogens is 2. The molecule has 0 radical (unpaired) electrons. The van der Waals surface area contributed by atoms with E-state index in [0.29, 0.717) is 0 Å². The van der Waals surface area contributed by atoms with Crippen molar-refractivity contribution < 1.29 is 24.0 Å². The maximum Gasteiger partial charge on any atom is 0.359 e. The van der Waals surface area contributed by atoms with Gasteiger partial charge in [-0.1, -0.05) is 12.1 Å². The molecule has 3 aromatic rings. The Morgan fingerprint density at radius 1 is 1.18 bits per heavy atom. The van der Waals surface area contributed by atoms with Crippen molar-refractivity contribution in [3.63, 3.8) is 0 Å². The molecule has 0 atom stereocenters. The zero-order chi connectivity index (χ0) is 20.4. The molecule has 0 unspecified atom stereocenters. The predicted octanol–water partition coefficient (Wildman–Crippen LogP) is 2.85. The molecular weight excluding hydrogens is 366 g/mol. The highest BCUT2D eigenvalue weighted by molar-refractivity contribution is 6.15. The van der Waals surface area contributed by atoms with E-state index < -0.39 is 22.4 Å². The second kappa shape index (κ2) is 7.39. The molecule has 0 bridgehead atoms. The van der Waals surface area contributed by atoms with Crippen molar-refractivity contribution in [1.82, 2.24) is 9.38 Å². The van der Waals surface area contributed by atoms with Crippen molar-refractivity contribution in [2.24, 2.45) is 0 Å². The number of fused-ring (bicyclic) bond motifs is 1. The van der Waals surface area contributed by atoms with Crippen molar-refractivity contribution in [2.45, 2.75) is 13.8 Å². The first-order chi connectivity index (χ1) is 13.3. The molecular formula is C19H15N3O6. The average Bonchev–Trinajstić information content (AvgIpc) is 3.06. The summed E-state index contributed by atoms with van der Waals surface area (Å²) in [5, 5.41) is 11.3. The van der Waals surface area contributed by atoms with Crippen molar-refractivity contribution >= 4 is 28.9 Å². The Kier molecular flexibility index (Phi) is 4.99. The van der Waals surface area contributed by atoms with Gasteiger partial charge in [-0.2, -0.15) is 0 Å². The lowest BCUT2D eigenvalue weighted by atomic mass is 10.0. The third-order valence-corrected chi connectivity index (χ3v) is 4.05. The Hall–Kier alpha value is -3.88. The lowest BCUT2D eigenvalue weighted by Crippen LogP contribution is -2.15. The molecule has 9 nitrogen and oxygen atoms in total. The number of benzene rings is 1. The summed E-state index contributed by atoms with van der Waals surface area (Å²) in [5.74, 6) is -1.86. The third kappa shape index (κ3) is 3.25. The molecule has 0 fully saturated rings. The van der Waals surface area contributed by atoms with Gasteiger partial charge in [0, 0.05) is 17.8 Å². The van der Waals surface area contributed by atoms with Gasteiger partial charge in [0.1, 0.15) is 16.9 Å². The average molecular weight is 381 g/mol. The van der Waals surface area contributed by atoms with Crippen LogP contribution in [-0.2, 0) is 4.74 Å². The monoisotopic (exact) mass is 381 g/mol. The van der Waals surface area contributed by atoms with Gasteiger partial charge in [0.25, 0.3) is 5.69 Å². The van der Waals surface area contributed by atoms with Crippen LogP contribution in [0.4, 0.5) is 5.69 Å². The minimum atomic E-state index is -0.836. The Labute approximate surface area is 158 Å². The SMILES string of the molecule is CCOC(=O)c1nc2ccc(C(C)=O)cn2c1C(=O)c1ccccc1[N+](=O)[O-]. The van der Waals surface area contributed by atoms with E-state index in [1.807, 2.05) is 0 Å². The number of nitro benzene ring substituents is 1. The van der Waals surface area contributed by atoms with Gasteiger partial charge < -0.3 is 4.74 Å². The van der Waals surface area contributed by atoms with E-state index in [4.69, 9.17) is 4.74 Å². The molecule has 0 spiro atoms. The van der Waals surface area contributed by atoms with Crippen LogP contribution >= 0.6 is 0 Å². The van der Waals surface area contributed by atoms with Crippen LogP contribution in [0.2, 0.25) is 0 Å². The van der Waals surface area contributed by atoms with Crippen molar-refractivity contribution in [1.29, 1.82) is 0 Å². The van der Waals surface area contributed by atoms with Gasteiger partial charge in [-0.3, -0.25) is 24.1 Å². The van der Waals surface area contributed by atoms with Crippen molar-refractivity contribution in [2.75, 3.05) is 6.61 Å². The topological polar surface area (TPSA) is 121 Å². The largest absolute Gasteiger partial charge is 0.461 e. The molecule has 0 aliphatic heterocycles. The first kappa shape index (κ1) is 18.9. The van der Waals surface area contributed by atoms with Gasteiger partial charge >= 0.3 is 5.97 Å². The molecule has 0 saturated heterocycles. The van der Waals surface area contributed by atoms with E-state index in [-0.39, 0.29) is 40.6 Å². The zero-order valence-corrected chi connectivity index (χ0v) is 15.0. The van der Waals surface area contributed by atoms with Crippen molar-refractivity contribution in [3.8, 4) is 0 Å².